The number of fused-ring (bicyclic) bond motifs is 3. The van der Waals surface area contributed by atoms with Gasteiger partial charge in [0.2, 0.25) is 0 Å². The van der Waals surface area contributed by atoms with Crippen LogP contribution in [0.1, 0.15) is 31.2 Å². The van der Waals surface area contributed by atoms with Gasteiger partial charge in [0.25, 0.3) is 0 Å². The first-order chi connectivity index (χ1) is 11.3. The minimum absolute atomic E-state index is 0.223. The van der Waals surface area contributed by atoms with Gasteiger partial charge in [0, 0.05) is 47.7 Å². The van der Waals surface area contributed by atoms with Crippen molar-refractivity contribution in [3.8, 4) is 0 Å². The number of aryl methyl sites for hydroxylation is 1. The molecular formula is C18H22N4O. The van der Waals surface area contributed by atoms with Gasteiger partial charge in [0.15, 0.2) is 5.43 Å². The second-order valence-electron chi connectivity index (χ2n) is 7.07. The molecular weight excluding hydrogens is 288 g/mol. The molecule has 6 rings (SSSR count). The summed E-state index contributed by atoms with van der Waals surface area (Å²) >= 11 is 0. The molecule has 120 valence electrons. The van der Waals surface area contributed by atoms with Gasteiger partial charge in [-0.1, -0.05) is 0 Å². The summed E-state index contributed by atoms with van der Waals surface area (Å²) in [6, 6.07) is 2.14. The van der Waals surface area contributed by atoms with Gasteiger partial charge < -0.3 is 9.88 Å². The largest absolute Gasteiger partial charge is 0.365 e. The molecule has 1 aromatic carbocycles. The topological polar surface area (TPSA) is 56.8 Å². The minimum Gasteiger partial charge on any atom is -0.365 e. The van der Waals surface area contributed by atoms with Crippen LogP contribution in [0.15, 0.2) is 23.3 Å². The Labute approximate surface area is 134 Å². The van der Waals surface area contributed by atoms with Crippen molar-refractivity contribution in [2.75, 3.05) is 19.6 Å². The first kappa shape index (κ1) is 13.4. The van der Waals surface area contributed by atoms with Crippen molar-refractivity contribution in [1.82, 2.24) is 19.7 Å². The summed E-state index contributed by atoms with van der Waals surface area (Å²) in [6.07, 6.45) is 6.31. The number of aromatic nitrogens is 3. The van der Waals surface area contributed by atoms with E-state index >= 15 is 0 Å². The Morgan fingerprint density at radius 2 is 2.09 bits per heavy atom. The summed E-state index contributed by atoms with van der Waals surface area (Å²) in [5.41, 5.74) is 3.41. The lowest BCUT2D eigenvalue weighted by Gasteiger charge is -2.44. The molecule has 0 aliphatic carbocycles. The predicted molar refractivity (Wildman–Crippen MR) is 92.0 cm³/mol. The van der Waals surface area contributed by atoms with E-state index in [2.05, 4.69) is 32.7 Å². The summed E-state index contributed by atoms with van der Waals surface area (Å²) in [6.45, 7) is 6.44. The molecule has 2 aromatic heterocycles. The van der Waals surface area contributed by atoms with E-state index in [0.29, 0.717) is 11.8 Å². The smallest absolute Gasteiger partial charge is 0.191 e. The molecule has 3 saturated heterocycles. The zero-order valence-electron chi connectivity index (χ0n) is 13.4. The van der Waals surface area contributed by atoms with Crippen LogP contribution in [0.4, 0.5) is 0 Å². The Bertz CT molecular complexity index is 939. The van der Waals surface area contributed by atoms with Gasteiger partial charge in [-0.2, -0.15) is 0 Å². The maximum atomic E-state index is 13.1. The van der Waals surface area contributed by atoms with E-state index in [1.54, 1.807) is 0 Å². The molecule has 3 aliphatic heterocycles. The summed E-state index contributed by atoms with van der Waals surface area (Å²) in [5, 5.41) is 5.37. The maximum absolute atomic E-state index is 13.1. The van der Waals surface area contributed by atoms with Crippen molar-refractivity contribution in [3.05, 3.63) is 34.2 Å². The average Bonchev–Trinajstić information content (AvgIpc) is 2.98. The van der Waals surface area contributed by atoms with E-state index in [4.69, 9.17) is 0 Å². The second kappa shape index (κ2) is 4.74. The molecule has 3 aliphatic rings. The zero-order valence-corrected chi connectivity index (χ0v) is 13.4. The molecule has 0 radical (unpaired) electrons. The SMILES string of the molecule is CCn1[nH]c2cc(C3CN4CCC3CC4)c(=O)c3c[nH]cc1c23. The van der Waals surface area contributed by atoms with Gasteiger partial charge in [0.1, 0.15) is 0 Å². The van der Waals surface area contributed by atoms with Crippen LogP contribution in [-0.4, -0.2) is 39.3 Å². The van der Waals surface area contributed by atoms with E-state index < -0.39 is 0 Å². The third-order valence-corrected chi connectivity index (χ3v) is 5.97. The molecule has 1 unspecified atom stereocenters. The van der Waals surface area contributed by atoms with Crippen molar-refractivity contribution in [2.24, 2.45) is 5.92 Å². The highest BCUT2D eigenvalue weighted by Gasteiger charge is 2.36. The number of piperidine rings is 3. The monoisotopic (exact) mass is 310 g/mol. The predicted octanol–water partition coefficient (Wildman–Crippen LogP) is 2.64. The summed E-state index contributed by atoms with van der Waals surface area (Å²) in [5.74, 6) is 1.07. The highest BCUT2D eigenvalue weighted by Crippen LogP contribution is 2.39. The van der Waals surface area contributed by atoms with Gasteiger partial charge >= 0.3 is 0 Å². The van der Waals surface area contributed by atoms with E-state index in [1.807, 2.05) is 12.4 Å². The number of nitrogens with zero attached hydrogens (tertiary/aromatic N) is 2. The van der Waals surface area contributed by atoms with Gasteiger partial charge in [-0.15, -0.1) is 0 Å². The number of H-pyrrole nitrogens is 2. The molecule has 0 saturated carbocycles. The van der Waals surface area contributed by atoms with Gasteiger partial charge in [-0.05, 0) is 44.8 Å². The van der Waals surface area contributed by atoms with E-state index in [9.17, 15) is 4.79 Å². The van der Waals surface area contributed by atoms with Crippen LogP contribution in [0.2, 0.25) is 0 Å². The van der Waals surface area contributed by atoms with Crippen LogP contribution in [0.3, 0.4) is 0 Å². The number of pyridine rings is 1. The van der Waals surface area contributed by atoms with E-state index in [1.165, 1.54) is 25.9 Å². The van der Waals surface area contributed by atoms with Crippen molar-refractivity contribution < 1.29 is 0 Å². The number of hydrogen-bond acceptors (Lipinski definition) is 2. The van der Waals surface area contributed by atoms with Crippen LogP contribution in [0.25, 0.3) is 21.8 Å². The van der Waals surface area contributed by atoms with Crippen LogP contribution in [-0.2, 0) is 6.54 Å². The van der Waals surface area contributed by atoms with Crippen molar-refractivity contribution in [1.29, 1.82) is 0 Å². The maximum Gasteiger partial charge on any atom is 0.191 e. The Kier molecular flexibility index (Phi) is 2.77. The number of benzene rings is 1. The molecule has 0 amide bonds. The molecule has 5 heterocycles. The highest BCUT2D eigenvalue weighted by molar-refractivity contribution is 6.07. The molecule has 1 atom stereocenters. The Hall–Kier alpha value is -2.01. The Morgan fingerprint density at radius 1 is 1.26 bits per heavy atom. The lowest BCUT2D eigenvalue weighted by Crippen LogP contribution is -2.47. The fourth-order valence-corrected chi connectivity index (χ4v) is 4.75. The molecule has 5 nitrogen and oxygen atoms in total. The van der Waals surface area contributed by atoms with E-state index in [0.717, 1.165) is 40.5 Å². The third-order valence-electron chi connectivity index (χ3n) is 5.97. The quantitative estimate of drug-likeness (QED) is 0.764. The van der Waals surface area contributed by atoms with Gasteiger partial charge in [-0.25, -0.2) is 0 Å². The Balaban J connectivity index is 1.77. The van der Waals surface area contributed by atoms with Crippen LogP contribution in [0.5, 0.6) is 0 Å². The van der Waals surface area contributed by atoms with Crippen molar-refractivity contribution in [3.63, 3.8) is 0 Å². The first-order valence-corrected chi connectivity index (χ1v) is 8.70. The molecule has 3 aromatic rings. The standard InChI is InChI=1S/C18H22N4O/c1-2-22-16-9-19-8-13-17(16)15(20-22)7-12(18(13)23)14-10-21-5-3-11(14)4-6-21/h7-9,11,14,19-20H,2-6,10H2,1H3. The number of hydrogen-bond donors (Lipinski definition) is 2. The fourth-order valence-electron chi connectivity index (χ4n) is 4.75. The normalized spacial score (nSPS) is 27.3. The number of nitrogens with one attached hydrogen (secondary N) is 2. The van der Waals surface area contributed by atoms with Crippen LogP contribution >= 0.6 is 0 Å². The average molecular weight is 310 g/mol. The summed E-state index contributed by atoms with van der Waals surface area (Å²) < 4.78 is 2.11. The first-order valence-electron chi connectivity index (χ1n) is 8.70. The zero-order chi connectivity index (χ0) is 15.6. The van der Waals surface area contributed by atoms with Crippen molar-refractivity contribution >= 4 is 21.8 Å². The second-order valence-corrected chi connectivity index (χ2v) is 7.07. The van der Waals surface area contributed by atoms with Crippen molar-refractivity contribution in [2.45, 2.75) is 32.2 Å². The van der Waals surface area contributed by atoms with Crippen LogP contribution < -0.4 is 5.43 Å². The van der Waals surface area contributed by atoms with Gasteiger partial charge in [-0.3, -0.25) is 14.6 Å². The Morgan fingerprint density at radius 3 is 2.78 bits per heavy atom. The molecule has 2 bridgehead atoms. The summed E-state index contributed by atoms with van der Waals surface area (Å²) in [7, 11) is 0. The summed E-state index contributed by atoms with van der Waals surface area (Å²) in [4.78, 5) is 18.8. The highest BCUT2D eigenvalue weighted by atomic mass is 16.1. The fraction of sp³-hybridized carbons (Fsp3) is 0.500. The lowest BCUT2D eigenvalue weighted by atomic mass is 9.75. The third kappa shape index (κ3) is 1.80. The number of aromatic amines is 2. The van der Waals surface area contributed by atoms with Gasteiger partial charge in [0.05, 0.1) is 11.0 Å². The van der Waals surface area contributed by atoms with E-state index in [-0.39, 0.29) is 5.43 Å². The molecule has 3 fully saturated rings. The lowest BCUT2D eigenvalue weighted by molar-refractivity contribution is 0.0868. The molecule has 0 spiro atoms. The number of rotatable bonds is 2. The molecule has 23 heavy (non-hydrogen) atoms. The molecule has 2 N–H and O–H groups in total. The van der Waals surface area contributed by atoms with Crippen LogP contribution in [0, 0.1) is 5.92 Å². The molecule has 5 heteroatoms. The minimum atomic E-state index is 0.223.